The Hall–Kier alpha value is -1.96. The van der Waals surface area contributed by atoms with Gasteiger partial charge in [-0.05, 0) is 19.1 Å². The van der Waals surface area contributed by atoms with Crippen molar-refractivity contribution < 1.29 is 14.4 Å². The third kappa shape index (κ3) is 2.37. The zero-order chi connectivity index (χ0) is 15.9. The van der Waals surface area contributed by atoms with E-state index in [4.69, 9.17) is 11.5 Å². The highest BCUT2D eigenvalue weighted by atomic mass is 35.5. The molecule has 0 bridgehead atoms. The molecule has 0 unspecified atom stereocenters. The van der Waals surface area contributed by atoms with Crippen LogP contribution >= 0.6 is 12.4 Å². The van der Waals surface area contributed by atoms with Gasteiger partial charge in [0.25, 0.3) is 11.8 Å². The summed E-state index contributed by atoms with van der Waals surface area (Å²) in [5.74, 6) is -2.37. The Labute approximate surface area is 134 Å². The molecule has 4 N–H and O–H groups in total. The molecule has 0 saturated carbocycles. The Morgan fingerprint density at radius 1 is 1.09 bits per heavy atom. The zero-order valence-corrected chi connectivity index (χ0v) is 13.4. The predicted molar refractivity (Wildman–Crippen MR) is 86.1 cm³/mol. The quantitative estimate of drug-likeness (QED) is 0.723. The number of ketones is 1. The summed E-state index contributed by atoms with van der Waals surface area (Å²) in [7, 11) is 2.95. The Morgan fingerprint density at radius 3 is 1.77 bits per heavy atom. The van der Waals surface area contributed by atoms with Crippen LogP contribution in [0, 0.1) is 0 Å². The average Bonchev–Trinajstić information content (AvgIpc) is 2.54. The average molecular weight is 327 g/mol. The number of halogens is 1. The highest BCUT2D eigenvalue weighted by Gasteiger charge is 2.55. The molecule has 1 atom stereocenters. The van der Waals surface area contributed by atoms with Gasteiger partial charge in [-0.3, -0.25) is 14.4 Å². The molecular formula is C14H19ClN4O3. The Morgan fingerprint density at radius 2 is 1.45 bits per heavy atom. The van der Waals surface area contributed by atoms with Crippen molar-refractivity contribution in [2.75, 3.05) is 23.9 Å². The van der Waals surface area contributed by atoms with Crippen molar-refractivity contribution in [3.05, 3.63) is 24.3 Å². The number of hydrogen-bond acceptors (Lipinski definition) is 5. The van der Waals surface area contributed by atoms with Gasteiger partial charge in [-0.25, -0.2) is 0 Å². The zero-order valence-electron chi connectivity index (χ0n) is 12.6. The Bertz CT molecular complexity index is 591. The number of likely N-dealkylation sites (N-methyl/N-ethyl adjacent to an activating group) is 2. The standard InChI is InChI=1S/C14H18N4O3.ClH/c1-8(15)11(19)14(16)12(20)17(2)9-6-4-5-7-10(9)18(3)13(14)21;/h4-8H,15-16H2,1-3H3;1H/t8-;/m0./s1. The number of carbonyl (C=O) groups is 3. The van der Waals surface area contributed by atoms with Gasteiger partial charge in [0.1, 0.15) is 0 Å². The highest BCUT2D eigenvalue weighted by Crippen LogP contribution is 2.33. The summed E-state index contributed by atoms with van der Waals surface area (Å²) < 4.78 is 0. The van der Waals surface area contributed by atoms with Gasteiger partial charge in [0.2, 0.25) is 5.54 Å². The minimum atomic E-state index is -2.31. The number of amides is 2. The lowest BCUT2D eigenvalue weighted by Crippen LogP contribution is -2.69. The van der Waals surface area contributed by atoms with Crippen LogP contribution < -0.4 is 21.3 Å². The number of fused-ring (bicyclic) bond motifs is 1. The van der Waals surface area contributed by atoms with E-state index in [2.05, 4.69) is 0 Å². The van der Waals surface area contributed by atoms with E-state index in [1.807, 2.05) is 0 Å². The molecule has 1 heterocycles. The van der Waals surface area contributed by atoms with Crippen molar-refractivity contribution in [2.24, 2.45) is 11.5 Å². The van der Waals surface area contributed by atoms with E-state index in [9.17, 15) is 14.4 Å². The number of carbonyl (C=O) groups excluding carboxylic acids is 3. The van der Waals surface area contributed by atoms with Crippen molar-refractivity contribution in [3.63, 3.8) is 0 Å². The second-order valence-electron chi connectivity index (χ2n) is 5.18. The lowest BCUT2D eigenvalue weighted by Gasteiger charge is -2.29. The first-order valence-corrected chi connectivity index (χ1v) is 6.47. The van der Waals surface area contributed by atoms with E-state index >= 15 is 0 Å². The van der Waals surface area contributed by atoms with Gasteiger partial charge in [-0.15, -0.1) is 12.4 Å². The van der Waals surface area contributed by atoms with E-state index in [1.54, 1.807) is 24.3 Å². The molecule has 0 spiro atoms. The number of para-hydroxylation sites is 2. The van der Waals surface area contributed by atoms with Crippen molar-refractivity contribution >= 4 is 41.4 Å². The molecule has 22 heavy (non-hydrogen) atoms. The second kappa shape index (κ2) is 6.04. The molecule has 0 radical (unpaired) electrons. The number of rotatable bonds is 2. The SMILES string of the molecule is C[C@H](N)C(=O)C1(N)C(=O)N(C)c2ccccc2N(C)C1=O.Cl. The highest BCUT2D eigenvalue weighted by molar-refractivity contribution is 6.36. The molecule has 0 saturated heterocycles. The van der Waals surface area contributed by atoms with E-state index < -0.39 is 29.2 Å². The third-order valence-electron chi connectivity index (χ3n) is 3.69. The maximum absolute atomic E-state index is 12.6. The molecule has 120 valence electrons. The molecular weight excluding hydrogens is 308 g/mol. The maximum atomic E-state index is 12.6. The number of hydrogen-bond donors (Lipinski definition) is 2. The van der Waals surface area contributed by atoms with Gasteiger partial charge in [0.15, 0.2) is 5.78 Å². The van der Waals surface area contributed by atoms with Gasteiger partial charge < -0.3 is 21.3 Å². The number of anilines is 2. The van der Waals surface area contributed by atoms with Crippen LogP contribution in [0.15, 0.2) is 24.3 Å². The summed E-state index contributed by atoms with van der Waals surface area (Å²) in [6, 6.07) is 5.80. The van der Waals surface area contributed by atoms with Crippen molar-refractivity contribution in [2.45, 2.75) is 18.5 Å². The second-order valence-corrected chi connectivity index (χ2v) is 5.18. The van der Waals surface area contributed by atoms with Crippen LogP contribution in [-0.2, 0) is 14.4 Å². The summed E-state index contributed by atoms with van der Waals surface area (Å²) >= 11 is 0. The molecule has 1 aromatic carbocycles. The van der Waals surface area contributed by atoms with E-state index in [0.717, 1.165) is 0 Å². The molecule has 2 rings (SSSR count). The van der Waals surface area contributed by atoms with Crippen LogP contribution in [0.3, 0.4) is 0 Å². The summed E-state index contributed by atoms with van der Waals surface area (Å²) in [6.45, 7) is 1.40. The first kappa shape index (κ1) is 18.1. The van der Waals surface area contributed by atoms with Gasteiger partial charge in [-0.1, -0.05) is 12.1 Å². The van der Waals surface area contributed by atoms with Crippen molar-refractivity contribution in [1.29, 1.82) is 0 Å². The number of benzene rings is 1. The minimum Gasteiger partial charge on any atom is -0.322 e. The van der Waals surface area contributed by atoms with Crippen LogP contribution in [-0.4, -0.2) is 43.3 Å². The summed E-state index contributed by atoms with van der Waals surface area (Å²) in [6.07, 6.45) is 0. The monoisotopic (exact) mass is 326 g/mol. The fourth-order valence-electron chi connectivity index (χ4n) is 2.44. The van der Waals surface area contributed by atoms with Gasteiger partial charge in [0, 0.05) is 14.1 Å². The van der Waals surface area contributed by atoms with Gasteiger partial charge in [-0.2, -0.15) is 0 Å². The summed E-state index contributed by atoms with van der Waals surface area (Å²) in [5, 5.41) is 0. The first-order valence-electron chi connectivity index (χ1n) is 6.47. The number of nitrogens with two attached hydrogens (primary N) is 2. The van der Waals surface area contributed by atoms with E-state index in [0.29, 0.717) is 11.4 Å². The first-order chi connectivity index (χ1) is 9.72. The van der Waals surface area contributed by atoms with Crippen LogP contribution in [0.1, 0.15) is 6.92 Å². The number of nitrogens with zero attached hydrogens (tertiary/aromatic N) is 2. The van der Waals surface area contributed by atoms with Crippen LogP contribution in [0.5, 0.6) is 0 Å². The largest absolute Gasteiger partial charge is 0.322 e. The predicted octanol–water partition coefficient (Wildman–Crippen LogP) is -0.339. The normalized spacial score (nSPS) is 18.2. The lowest BCUT2D eigenvalue weighted by atomic mass is 9.88. The van der Waals surface area contributed by atoms with Crippen LogP contribution in [0.25, 0.3) is 0 Å². The molecule has 1 aliphatic rings. The molecule has 1 aromatic rings. The van der Waals surface area contributed by atoms with E-state index in [1.165, 1.54) is 30.8 Å². The van der Waals surface area contributed by atoms with Crippen molar-refractivity contribution in [3.8, 4) is 0 Å². The molecule has 8 heteroatoms. The minimum absolute atomic E-state index is 0. The van der Waals surface area contributed by atoms with E-state index in [-0.39, 0.29) is 12.4 Å². The maximum Gasteiger partial charge on any atom is 0.264 e. The molecule has 1 aliphatic heterocycles. The third-order valence-corrected chi connectivity index (χ3v) is 3.69. The van der Waals surface area contributed by atoms with Crippen LogP contribution in [0.4, 0.5) is 11.4 Å². The molecule has 2 amide bonds. The number of Topliss-reactive ketones (excluding diaryl/α,β-unsaturated/α-hetero) is 1. The van der Waals surface area contributed by atoms with Gasteiger partial charge in [0.05, 0.1) is 17.4 Å². The molecule has 0 fully saturated rings. The van der Waals surface area contributed by atoms with Crippen molar-refractivity contribution in [1.82, 2.24) is 0 Å². The molecule has 0 aliphatic carbocycles. The smallest absolute Gasteiger partial charge is 0.264 e. The summed E-state index contributed by atoms with van der Waals surface area (Å²) in [5.41, 5.74) is 10.2. The topological polar surface area (TPSA) is 110 Å². The Kier molecular flexibility index (Phi) is 4.96. The summed E-state index contributed by atoms with van der Waals surface area (Å²) in [4.78, 5) is 39.9. The van der Waals surface area contributed by atoms with Crippen LogP contribution in [0.2, 0.25) is 0 Å². The van der Waals surface area contributed by atoms with Gasteiger partial charge >= 0.3 is 0 Å². The lowest BCUT2D eigenvalue weighted by molar-refractivity contribution is -0.141. The fraction of sp³-hybridized carbons (Fsp3) is 0.357. The Balaban J connectivity index is 0.00000242. The molecule has 7 nitrogen and oxygen atoms in total. The fourth-order valence-corrected chi connectivity index (χ4v) is 2.44. The molecule has 0 aromatic heterocycles.